The van der Waals surface area contributed by atoms with Crippen LogP contribution in [0.15, 0.2) is 53.7 Å². The van der Waals surface area contributed by atoms with Crippen LogP contribution >= 0.6 is 0 Å². The average Bonchev–Trinajstić information content (AvgIpc) is 3.36. The van der Waals surface area contributed by atoms with E-state index in [2.05, 4.69) is 33.8 Å². The molecule has 0 amide bonds. The molecule has 2 heterocycles. The molecule has 1 unspecified atom stereocenters. The van der Waals surface area contributed by atoms with E-state index in [0.717, 1.165) is 42.4 Å². The fraction of sp³-hybridized carbons (Fsp3) is 0.407. The van der Waals surface area contributed by atoms with E-state index in [-0.39, 0.29) is 12.1 Å². The van der Waals surface area contributed by atoms with Crippen molar-refractivity contribution < 1.29 is 19.0 Å². The lowest BCUT2D eigenvalue weighted by Gasteiger charge is -2.29. The lowest BCUT2D eigenvalue weighted by Crippen LogP contribution is -2.32. The van der Waals surface area contributed by atoms with Gasteiger partial charge in [0.1, 0.15) is 18.8 Å². The zero-order chi connectivity index (χ0) is 25.1. The molecule has 0 spiro atoms. The maximum Gasteiger partial charge on any atom is 0.338 e. The molecule has 2 aromatic carbocycles. The minimum atomic E-state index is -0.563. The summed E-state index contributed by atoms with van der Waals surface area (Å²) in [6, 6.07) is 13.2. The van der Waals surface area contributed by atoms with Gasteiger partial charge in [0, 0.05) is 5.70 Å². The first-order chi connectivity index (χ1) is 17.5. The summed E-state index contributed by atoms with van der Waals surface area (Å²) in [4.78, 5) is 13.4. The lowest BCUT2D eigenvalue weighted by molar-refractivity contribution is -0.146. The standard InChI is InChI=1S/C27H31N5O4/c1-17-9-7-8-10-20(17)16-35-22-14-13-19(15-23(22)34-3)25-24(18(2)28-27-29-30-31-32(25)27)26(33)36-21-11-5-4-6-12-21/h7-10,13-15,21,25H,4-6,11-12,16H2,1-3H3,(H,28,29,31). The van der Waals surface area contributed by atoms with Crippen molar-refractivity contribution in [1.29, 1.82) is 0 Å². The molecule has 1 fully saturated rings. The molecule has 188 valence electrons. The summed E-state index contributed by atoms with van der Waals surface area (Å²) in [5.74, 6) is 1.29. The van der Waals surface area contributed by atoms with Crippen molar-refractivity contribution in [2.45, 2.75) is 64.7 Å². The van der Waals surface area contributed by atoms with Crippen molar-refractivity contribution in [2.24, 2.45) is 0 Å². The Hall–Kier alpha value is -3.88. The molecule has 0 bridgehead atoms. The third-order valence-electron chi connectivity index (χ3n) is 6.91. The van der Waals surface area contributed by atoms with Crippen LogP contribution in [0.25, 0.3) is 0 Å². The fourth-order valence-electron chi connectivity index (χ4n) is 4.88. The van der Waals surface area contributed by atoms with Gasteiger partial charge >= 0.3 is 5.97 Å². The van der Waals surface area contributed by atoms with E-state index in [9.17, 15) is 4.79 Å². The number of hydrogen-bond acceptors (Lipinski definition) is 8. The number of hydrogen-bond donors (Lipinski definition) is 1. The summed E-state index contributed by atoms with van der Waals surface area (Å²) < 4.78 is 19.3. The number of tetrazole rings is 1. The Morgan fingerprint density at radius 2 is 1.89 bits per heavy atom. The number of rotatable bonds is 7. The van der Waals surface area contributed by atoms with Crippen LogP contribution in [0, 0.1) is 6.92 Å². The van der Waals surface area contributed by atoms with Crippen LogP contribution in [0.2, 0.25) is 0 Å². The number of ether oxygens (including phenoxy) is 3. The molecular weight excluding hydrogens is 458 g/mol. The summed E-state index contributed by atoms with van der Waals surface area (Å²) >= 11 is 0. The third-order valence-corrected chi connectivity index (χ3v) is 6.91. The Morgan fingerprint density at radius 3 is 2.67 bits per heavy atom. The van der Waals surface area contributed by atoms with Crippen LogP contribution in [0.5, 0.6) is 11.5 Å². The largest absolute Gasteiger partial charge is 0.493 e. The van der Waals surface area contributed by atoms with Gasteiger partial charge in [-0.25, -0.2) is 4.79 Å². The molecule has 36 heavy (non-hydrogen) atoms. The van der Waals surface area contributed by atoms with Crippen LogP contribution < -0.4 is 14.8 Å². The molecule has 0 saturated heterocycles. The number of carbonyl (C=O) groups is 1. The second-order valence-electron chi connectivity index (χ2n) is 9.30. The van der Waals surface area contributed by atoms with Gasteiger partial charge in [0.05, 0.1) is 12.7 Å². The molecule has 2 aliphatic rings. The monoisotopic (exact) mass is 489 g/mol. The number of nitrogens with zero attached hydrogens (tertiary/aromatic N) is 4. The average molecular weight is 490 g/mol. The molecule has 1 aliphatic carbocycles. The molecule has 1 saturated carbocycles. The van der Waals surface area contributed by atoms with E-state index >= 15 is 0 Å². The first-order valence-electron chi connectivity index (χ1n) is 12.4. The Morgan fingerprint density at radius 1 is 1.08 bits per heavy atom. The Labute approximate surface area is 210 Å². The molecule has 9 nitrogen and oxygen atoms in total. The fourth-order valence-corrected chi connectivity index (χ4v) is 4.88. The van der Waals surface area contributed by atoms with E-state index in [1.807, 2.05) is 43.3 Å². The number of carbonyl (C=O) groups excluding carboxylic acids is 1. The predicted octanol–water partition coefficient (Wildman–Crippen LogP) is 4.73. The smallest absolute Gasteiger partial charge is 0.338 e. The third kappa shape index (κ3) is 4.78. The molecule has 1 aromatic heterocycles. The number of esters is 1. The molecule has 9 heteroatoms. The zero-order valence-electron chi connectivity index (χ0n) is 20.9. The van der Waals surface area contributed by atoms with E-state index in [4.69, 9.17) is 14.2 Å². The van der Waals surface area contributed by atoms with Gasteiger partial charge in [0.15, 0.2) is 11.5 Å². The first-order valence-corrected chi connectivity index (χ1v) is 12.4. The summed E-state index contributed by atoms with van der Waals surface area (Å²) in [6.45, 7) is 4.33. The van der Waals surface area contributed by atoms with Gasteiger partial charge in [-0.15, -0.1) is 0 Å². The SMILES string of the molecule is COc1cc(C2C(C(=O)OC3CCCCC3)=C(C)Nc3nnnn32)ccc1OCc1ccccc1C. The van der Waals surface area contributed by atoms with Gasteiger partial charge < -0.3 is 19.5 Å². The number of nitrogens with one attached hydrogen (secondary N) is 1. The number of allylic oxidation sites excluding steroid dienone is 1. The number of fused-ring (bicyclic) bond motifs is 1. The molecule has 1 aliphatic heterocycles. The van der Waals surface area contributed by atoms with E-state index in [1.165, 1.54) is 6.42 Å². The van der Waals surface area contributed by atoms with E-state index in [0.29, 0.717) is 35.3 Å². The quantitative estimate of drug-likeness (QED) is 0.475. The normalized spacial score (nSPS) is 17.8. The Balaban J connectivity index is 1.45. The number of methoxy groups -OCH3 is 1. The van der Waals surface area contributed by atoms with Gasteiger partial charge in [-0.3, -0.25) is 0 Å². The maximum absolute atomic E-state index is 13.4. The van der Waals surface area contributed by atoms with Crippen molar-refractivity contribution in [3.05, 3.63) is 70.4 Å². The van der Waals surface area contributed by atoms with Gasteiger partial charge in [-0.2, -0.15) is 4.68 Å². The molecule has 5 rings (SSSR count). The lowest BCUT2D eigenvalue weighted by atomic mass is 9.94. The highest BCUT2D eigenvalue weighted by Crippen LogP contribution is 2.39. The second kappa shape index (κ2) is 10.4. The summed E-state index contributed by atoms with van der Waals surface area (Å²) in [6.07, 6.45) is 5.08. The topological polar surface area (TPSA) is 100 Å². The number of aryl methyl sites for hydroxylation is 1. The molecule has 0 radical (unpaired) electrons. The van der Waals surface area contributed by atoms with Crippen molar-refractivity contribution >= 4 is 11.9 Å². The minimum Gasteiger partial charge on any atom is -0.493 e. The summed E-state index contributed by atoms with van der Waals surface area (Å²) in [5, 5.41) is 15.2. The molecule has 1 atom stereocenters. The van der Waals surface area contributed by atoms with Crippen LogP contribution in [0.1, 0.15) is 61.8 Å². The highest BCUT2D eigenvalue weighted by Gasteiger charge is 2.36. The zero-order valence-corrected chi connectivity index (χ0v) is 20.9. The second-order valence-corrected chi connectivity index (χ2v) is 9.30. The number of benzene rings is 2. The number of anilines is 1. The Kier molecular flexibility index (Phi) is 6.88. The summed E-state index contributed by atoms with van der Waals surface area (Å²) in [5.41, 5.74) is 4.21. The van der Waals surface area contributed by atoms with E-state index in [1.54, 1.807) is 11.8 Å². The van der Waals surface area contributed by atoms with Crippen molar-refractivity contribution in [3.63, 3.8) is 0 Å². The van der Waals surface area contributed by atoms with Gasteiger partial charge in [-0.1, -0.05) is 41.9 Å². The number of aromatic nitrogens is 4. The van der Waals surface area contributed by atoms with Gasteiger partial charge in [-0.05, 0) is 78.8 Å². The highest BCUT2D eigenvalue weighted by atomic mass is 16.5. The summed E-state index contributed by atoms with van der Waals surface area (Å²) in [7, 11) is 1.60. The van der Waals surface area contributed by atoms with Crippen LogP contribution in [0.4, 0.5) is 5.95 Å². The molecular formula is C27H31N5O4. The van der Waals surface area contributed by atoms with Gasteiger partial charge in [0.25, 0.3) is 0 Å². The predicted molar refractivity (Wildman–Crippen MR) is 134 cm³/mol. The van der Waals surface area contributed by atoms with Gasteiger partial charge in [0.2, 0.25) is 5.95 Å². The van der Waals surface area contributed by atoms with Crippen LogP contribution in [-0.4, -0.2) is 39.4 Å². The van der Waals surface area contributed by atoms with Crippen LogP contribution in [0.3, 0.4) is 0 Å². The molecule has 3 aromatic rings. The van der Waals surface area contributed by atoms with Crippen LogP contribution in [-0.2, 0) is 16.1 Å². The van der Waals surface area contributed by atoms with Crippen molar-refractivity contribution in [1.82, 2.24) is 20.2 Å². The van der Waals surface area contributed by atoms with Crippen molar-refractivity contribution in [3.8, 4) is 11.5 Å². The molecule has 1 N–H and O–H groups in total. The maximum atomic E-state index is 13.4. The van der Waals surface area contributed by atoms with Crippen molar-refractivity contribution in [2.75, 3.05) is 12.4 Å². The highest BCUT2D eigenvalue weighted by molar-refractivity contribution is 5.92. The van der Waals surface area contributed by atoms with E-state index < -0.39 is 6.04 Å². The minimum absolute atomic E-state index is 0.0609. The Bertz CT molecular complexity index is 1280. The first kappa shape index (κ1) is 23.8.